The fourth-order valence-corrected chi connectivity index (χ4v) is 1.45. The Balaban J connectivity index is 1.71. The molecule has 1 aromatic rings. The number of rotatable bonds is 5. The molecule has 16 heavy (non-hydrogen) atoms. The molecule has 0 spiro atoms. The van der Waals surface area contributed by atoms with Crippen LogP contribution < -0.4 is 10.6 Å². The Hall–Kier alpha value is -1.55. The first-order chi connectivity index (χ1) is 7.75. The van der Waals surface area contributed by atoms with Crippen LogP contribution in [0.3, 0.4) is 0 Å². The molecule has 1 aromatic carbocycles. The first-order valence-electron chi connectivity index (χ1n) is 5.56. The maximum atomic E-state index is 11.6. The normalized spacial score (nSPS) is 14.8. The van der Waals surface area contributed by atoms with Crippen LogP contribution in [0.4, 0.5) is 0 Å². The average Bonchev–Trinajstić information content (AvgIpc) is 3.09. The molecule has 1 aliphatic carbocycles. The molecule has 0 aliphatic heterocycles. The van der Waals surface area contributed by atoms with Crippen LogP contribution >= 0.6 is 0 Å². The van der Waals surface area contributed by atoms with Crippen LogP contribution in [0.15, 0.2) is 24.3 Å². The van der Waals surface area contributed by atoms with E-state index >= 15 is 0 Å². The predicted molar refractivity (Wildman–Crippen MR) is 61.5 cm³/mol. The fourth-order valence-electron chi connectivity index (χ4n) is 1.45. The highest BCUT2D eigenvalue weighted by Crippen LogP contribution is 2.17. The largest absolute Gasteiger partial charge is 0.508 e. The van der Waals surface area contributed by atoms with E-state index in [1.165, 1.54) is 25.0 Å². The summed E-state index contributed by atoms with van der Waals surface area (Å²) >= 11 is 0. The molecule has 86 valence electrons. The summed E-state index contributed by atoms with van der Waals surface area (Å²) in [7, 11) is 0. The van der Waals surface area contributed by atoms with Gasteiger partial charge in [0.2, 0.25) is 0 Å². The van der Waals surface area contributed by atoms with Gasteiger partial charge < -0.3 is 15.7 Å². The van der Waals surface area contributed by atoms with Gasteiger partial charge in [0.05, 0.1) is 0 Å². The number of hydrogen-bond donors (Lipinski definition) is 3. The molecule has 0 atom stereocenters. The number of aromatic hydroxyl groups is 1. The number of benzene rings is 1. The van der Waals surface area contributed by atoms with Crippen molar-refractivity contribution in [1.29, 1.82) is 0 Å². The van der Waals surface area contributed by atoms with Gasteiger partial charge in [-0.3, -0.25) is 4.79 Å². The molecule has 2 rings (SSSR count). The molecule has 0 saturated heterocycles. The van der Waals surface area contributed by atoms with E-state index in [1.54, 1.807) is 12.1 Å². The van der Waals surface area contributed by atoms with Gasteiger partial charge in [-0.25, -0.2) is 0 Å². The van der Waals surface area contributed by atoms with Crippen molar-refractivity contribution >= 4 is 5.91 Å². The standard InChI is InChI=1S/C12H16N2O2/c15-11-5-1-9(2-6-11)12(16)14-8-7-13-10-3-4-10/h1-2,5-6,10,13,15H,3-4,7-8H2,(H,14,16). The lowest BCUT2D eigenvalue weighted by atomic mass is 10.2. The number of carbonyl (C=O) groups is 1. The third kappa shape index (κ3) is 3.24. The Morgan fingerprint density at radius 3 is 2.56 bits per heavy atom. The fraction of sp³-hybridized carbons (Fsp3) is 0.417. The highest BCUT2D eigenvalue weighted by molar-refractivity contribution is 5.94. The summed E-state index contributed by atoms with van der Waals surface area (Å²) in [6.07, 6.45) is 2.51. The van der Waals surface area contributed by atoms with Crippen LogP contribution in [0.5, 0.6) is 5.75 Å². The highest BCUT2D eigenvalue weighted by Gasteiger charge is 2.19. The summed E-state index contributed by atoms with van der Waals surface area (Å²) < 4.78 is 0. The molecule has 1 amide bonds. The van der Waals surface area contributed by atoms with Crippen molar-refractivity contribution in [1.82, 2.24) is 10.6 Å². The molecule has 1 fully saturated rings. The van der Waals surface area contributed by atoms with E-state index in [1.807, 2.05) is 0 Å². The van der Waals surface area contributed by atoms with E-state index in [0.717, 1.165) is 6.54 Å². The molecular formula is C12H16N2O2. The summed E-state index contributed by atoms with van der Waals surface area (Å²) in [6, 6.07) is 6.91. The second-order valence-electron chi connectivity index (χ2n) is 4.03. The monoisotopic (exact) mass is 220 g/mol. The molecular weight excluding hydrogens is 204 g/mol. The predicted octanol–water partition coefficient (Wildman–Crippen LogP) is 0.874. The number of hydrogen-bond acceptors (Lipinski definition) is 3. The molecule has 0 unspecified atom stereocenters. The minimum Gasteiger partial charge on any atom is -0.508 e. The molecule has 4 nitrogen and oxygen atoms in total. The van der Waals surface area contributed by atoms with E-state index < -0.39 is 0 Å². The van der Waals surface area contributed by atoms with Gasteiger partial charge in [0, 0.05) is 24.7 Å². The van der Waals surface area contributed by atoms with Crippen molar-refractivity contribution in [3.05, 3.63) is 29.8 Å². The van der Waals surface area contributed by atoms with Crippen molar-refractivity contribution in [3.8, 4) is 5.75 Å². The Kier molecular flexibility index (Phi) is 3.41. The molecule has 0 radical (unpaired) electrons. The maximum absolute atomic E-state index is 11.6. The van der Waals surface area contributed by atoms with Gasteiger partial charge >= 0.3 is 0 Å². The van der Waals surface area contributed by atoms with Gasteiger partial charge in [-0.15, -0.1) is 0 Å². The maximum Gasteiger partial charge on any atom is 0.251 e. The van der Waals surface area contributed by atoms with Crippen LogP contribution in [0, 0.1) is 0 Å². The smallest absolute Gasteiger partial charge is 0.251 e. The number of carbonyl (C=O) groups excluding carboxylic acids is 1. The lowest BCUT2D eigenvalue weighted by Gasteiger charge is -2.05. The SMILES string of the molecule is O=C(NCCNC1CC1)c1ccc(O)cc1. The highest BCUT2D eigenvalue weighted by atomic mass is 16.3. The molecule has 1 saturated carbocycles. The number of phenolic OH excluding ortho intramolecular Hbond substituents is 1. The Labute approximate surface area is 94.7 Å². The molecule has 0 heterocycles. The van der Waals surface area contributed by atoms with Crippen LogP contribution in [-0.4, -0.2) is 30.1 Å². The summed E-state index contributed by atoms with van der Waals surface area (Å²) in [4.78, 5) is 11.6. The van der Waals surface area contributed by atoms with Crippen LogP contribution in [0.2, 0.25) is 0 Å². The molecule has 3 N–H and O–H groups in total. The van der Waals surface area contributed by atoms with E-state index in [-0.39, 0.29) is 11.7 Å². The summed E-state index contributed by atoms with van der Waals surface area (Å²) in [5, 5.41) is 15.2. The second-order valence-corrected chi connectivity index (χ2v) is 4.03. The van der Waals surface area contributed by atoms with Gasteiger partial charge in [0.15, 0.2) is 0 Å². The minimum atomic E-state index is -0.0994. The van der Waals surface area contributed by atoms with Crippen molar-refractivity contribution in [2.75, 3.05) is 13.1 Å². The van der Waals surface area contributed by atoms with Crippen LogP contribution in [0.25, 0.3) is 0 Å². The zero-order valence-electron chi connectivity index (χ0n) is 9.07. The second kappa shape index (κ2) is 4.99. The van der Waals surface area contributed by atoms with Crippen molar-refractivity contribution in [3.63, 3.8) is 0 Å². The van der Waals surface area contributed by atoms with E-state index in [4.69, 9.17) is 5.11 Å². The summed E-state index contributed by atoms with van der Waals surface area (Å²) in [5.74, 6) is 0.0737. The number of amides is 1. The Morgan fingerprint density at radius 2 is 1.94 bits per heavy atom. The number of nitrogens with one attached hydrogen (secondary N) is 2. The topological polar surface area (TPSA) is 61.4 Å². The summed E-state index contributed by atoms with van der Waals surface area (Å²) in [6.45, 7) is 1.45. The van der Waals surface area contributed by atoms with E-state index in [2.05, 4.69) is 10.6 Å². The number of phenols is 1. The lowest BCUT2D eigenvalue weighted by Crippen LogP contribution is -2.32. The van der Waals surface area contributed by atoms with Crippen LogP contribution in [-0.2, 0) is 0 Å². The molecule has 0 aromatic heterocycles. The first-order valence-corrected chi connectivity index (χ1v) is 5.56. The zero-order valence-corrected chi connectivity index (χ0v) is 9.07. The van der Waals surface area contributed by atoms with Crippen molar-refractivity contribution in [2.45, 2.75) is 18.9 Å². The van der Waals surface area contributed by atoms with Gasteiger partial charge in [0.1, 0.15) is 5.75 Å². The van der Waals surface area contributed by atoms with Gasteiger partial charge in [-0.1, -0.05) is 0 Å². The van der Waals surface area contributed by atoms with Crippen LogP contribution in [0.1, 0.15) is 23.2 Å². The van der Waals surface area contributed by atoms with Gasteiger partial charge in [0.25, 0.3) is 5.91 Å². The van der Waals surface area contributed by atoms with Crippen molar-refractivity contribution < 1.29 is 9.90 Å². The Morgan fingerprint density at radius 1 is 1.25 bits per heavy atom. The quantitative estimate of drug-likeness (QED) is 0.645. The molecule has 0 bridgehead atoms. The van der Waals surface area contributed by atoms with E-state index in [0.29, 0.717) is 18.2 Å². The van der Waals surface area contributed by atoms with Crippen molar-refractivity contribution in [2.24, 2.45) is 0 Å². The van der Waals surface area contributed by atoms with Gasteiger partial charge in [-0.05, 0) is 37.1 Å². The van der Waals surface area contributed by atoms with Gasteiger partial charge in [-0.2, -0.15) is 0 Å². The first kappa shape index (κ1) is 11.0. The average molecular weight is 220 g/mol. The molecule has 1 aliphatic rings. The minimum absolute atomic E-state index is 0.0994. The van der Waals surface area contributed by atoms with E-state index in [9.17, 15) is 4.79 Å². The zero-order chi connectivity index (χ0) is 11.4. The Bertz CT molecular complexity index is 358. The third-order valence-corrected chi connectivity index (χ3v) is 2.55. The summed E-state index contributed by atoms with van der Waals surface area (Å²) in [5.41, 5.74) is 0.573. The third-order valence-electron chi connectivity index (χ3n) is 2.55. The molecule has 4 heteroatoms. The lowest BCUT2D eigenvalue weighted by molar-refractivity contribution is 0.0954.